The van der Waals surface area contributed by atoms with Crippen LogP contribution in [0.2, 0.25) is 5.02 Å². The third-order valence-corrected chi connectivity index (χ3v) is 4.09. The zero-order chi connectivity index (χ0) is 14.0. The van der Waals surface area contributed by atoms with E-state index in [-0.39, 0.29) is 10.6 Å². The first-order chi connectivity index (χ1) is 8.87. The van der Waals surface area contributed by atoms with Crippen molar-refractivity contribution in [2.75, 3.05) is 5.32 Å². The van der Waals surface area contributed by atoms with Gasteiger partial charge in [0.1, 0.15) is 5.69 Å². The van der Waals surface area contributed by atoms with Crippen molar-refractivity contribution >= 4 is 23.0 Å². The summed E-state index contributed by atoms with van der Waals surface area (Å²) in [6, 6.07) is 5.09. The van der Waals surface area contributed by atoms with Crippen LogP contribution in [0.15, 0.2) is 18.2 Å². The fourth-order valence-electron chi connectivity index (χ4n) is 2.54. The van der Waals surface area contributed by atoms with Crippen molar-refractivity contribution in [3.05, 3.63) is 33.3 Å². The van der Waals surface area contributed by atoms with Crippen molar-refractivity contribution in [2.45, 2.75) is 45.6 Å². The van der Waals surface area contributed by atoms with Gasteiger partial charge in [-0.1, -0.05) is 25.4 Å². The molecule has 0 heterocycles. The van der Waals surface area contributed by atoms with Crippen molar-refractivity contribution in [1.82, 2.24) is 0 Å². The summed E-state index contributed by atoms with van der Waals surface area (Å²) >= 11 is 5.81. The molecule has 0 saturated heterocycles. The normalized spacial score (nSPS) is 19.1. The Kier molecular flexibility index (Phi) is 3.99. The highest BCUT2D eigenvalue weighted by Gasteiger charge is 2.27. The highest BCUT2D eigenvalue weighted by Crippen LogP contribution is 2.37. The van der Waals surface area contributed by atoms with Crippen molar-refractivity contribution < 1.29 is 4.92 Å². The zero-order valence-corrected chi connectivity index (χ0v) is 12.0. The highest BCUT2D eigenvalue weighted by molar-refractivity contribution is 6.30. The minimum absolute atomic E-state index is 0.0531. The molecule has 0 radical (unpaired) electrons. The van der Waals surface area contributed by atoms with E-state index in [1.165, 1.54) is 6.07 Å². The number of nitrogens with zero attached hydrogens (tertiary/aromatic N) is 1. The van der Waals surface area contributed by atoms with Crippen molar-refractivity contribution in [3.8, 4) is 0 Å². The molecule has 1 aromatic rings. The van der Waals surface area contributed by atoms with E-state index >= 15 is 0 Å². The van der Waals surface area contributed by atoms with Crippen LogP contribution >= 0.6 is 11.6 Å². The molecule has 1 aliphatic rings. The molecule has 0 atom stereocenters. The molecule has 1 saturated carbocycles. The van der Waals surface area contributed by atoms with Gasteiger partial charge in [-0.3, -0.25) is 10.1 Å². The second-order valence-electron chi connectivity index (χ2n) is 6.00. The van der Waals surface area contributed by atoms with Crippen LogP contribution in [-0.2, 0) is 0 Å². The van der Waals surface area contributed by atoms with E-state index in [4.69, 9.17) is 11.6 Å². The largest absolute Gasteiger partial charge is 0.377 e. The second-order valence-corrected chi connectivity index (χ2v) is 6.44. The van der Waals surface area contributed by atoms with Gasteiger partial charge < -0.3 is 5.32 Å². The van der Waals surface area contributed by atoms with Crippen LogP contribution in [0.3, 0.4) is 0 Å². The molecule has 0 aromatic heterocycles. The van der Waals surface area contributed by atoms with E-state index in [9.17, 15) is 10.1 Å². The molecule has 0 amide bonds. The number of anilines is 1. The standard InChI is InChI=1S/C14H19ClN2O2/c1-14(2)7-5-11(6-8-14)16-12-4-3-10(15)9-13(12)17(18)19/h3-4,9,11,16H,5-8H2,1-2H3. The molecule has 2 rings (SSSR count). The van der Waals surface area contributed by atoms with Crippen LogP contribution in [0.25, 0.3) is 0 Å². The van der Waals surface area contributed by atoms with Crippen molar-refractivity contribution in [3.63, 3.8) is 0 Å². The van der Waals surface area contributed by atoms with Crippen LogP contribution < -0.4 is 5.32 Å². The zero-order valence-electron chi connectivity index (χ0n) is 11.3. The molecular weight excluding hydrogens is 264 g/mol. The molecule has 4 nitrogen and oxygen atoms in total. The molecule has 1 aliphatic carbocycles. The van der Waals surface area contributed by atoms with Gasteiger partial charge in [-0.05, 0) is 43.2 Å². The summed E-state index contributed by atoms with van der Waals surface area (Å²) in [4.78, 5) is 10.6. The van der Waals surface area contributed by atoms with E-state index in [0.29, 0.717) is 22.2 Å². The minimum Gasteiger partial charge on any atom is -0.377 e. The van der Waals surface area contributed by atoms with Crippen LogP contribution in [0.5, 0.6) is 0 Å². The molecule has 104 valence electrons. The summed E-state index contributed by atoms with van der Waals surface area (Å²) in [5.41, 5.74) is 1.01. The van der Waals surface area contributed by atoms with Gasteiger partial charge in [0, 0.05) is 17.1 Å². The molecule has 0 bridgehead atoms. The highest BCUT2D eigenvalue weighted by atomic mass is 35.5. The molecule has 1 fully saturated rings. The van der Waals surface area contributed by atoms with E-state index in [0.717, 1.165) is 25.7 Å². The van der Waals surface area contributed by atoms with Gasteiger partial charge in [0.15, 0.2) is 0 Å². The lowest BCUT2D eigenvalue weighted by Gasteiger charge is -2.34. The van der Waals surface area contributed by atoms with E-state index in [2.05, 4.69) is 19.2 Å². The minimum atomic E-state index is -0.388. The lowest BCUT2D eigenvalue weighted by molar-refractivity contribution is -0.384. The van der Waals surface area contributed by atoms with Gasteiger partial charge in [0.2, 0.25) is 0 Å². The van der Waals surface area contributed by atoms with Crippen LogP contribution in [-0.4, -0.2) is 11.0 Å². The predicted molar refractivity (Wildman–Crippen MR) is 77.8 cm³/mol. The van der Waals surface area contributed by atoms with Crippen molar-refractivity contribution in [1.29, 1.82) is 0 Å². The maximum Gasteiger partial charge on any atom is 0.293 e. The third kappa shape index (κ3) is 3.60. The van der Waals surface area contributed by atoms with E-state index < -0.39 is 0 Å². The molecule has 0 aliphatic heterocycles. The van der Waals surface area contributed by atoms with E-state index in [1.54, 1.807) is 12.1 Å². The number of benzene rings is 1. The van der Waals surface area contributed by atoms with Crippen LogP contribution in [0.1, 0.15) is 39.5 Å². The number of rotatable bonds is 3. The Morgan fingerprint density at radius 1 is 1.37 bits per heavy atom. The lowest BCUT2D eigenvalue weighted by Crippen LogP contribution is -2.30. The summed E-state index contributed by atoms with van der Waals surface area (Å²) in [6.07, 6.45) is 4.39. The average Bonchev–Trinajstić information content (AvgIpc) is 2.33. The molecular formula is C14H19ClN2O2. The maximum absolute atomic E-state index is 11.0. The summed E-state index contributed by atoms with van der Waals surface area (Å²) < 4.78 is 0. The number of halogens is 1. The molecule has 19 heavy (non-hydrogen) atoms. The van der Waals surface area contributed by atoms with Crippen LogP contribution in [0.4, 0.5) is 11.4 Å². The Balaban J connectivity index is 2.10. The molecule has 0 spiro atoms. The smallest absolute Gasteiger partial charge is 0.293 e. The Bertz CT molecular complexity index is 478. The number of nitro benzene ring substituents is 1. The average molecular weight is 283 g/mol. The monoisotopic (exact) mass is 282 g/mol. The Hall–Kier alpha value is -1.29. The molecule has 5 heteroatoms. The summed E-state index contributed by atoms with van der Waals surface area (Å²) in [6.45, 7) is 4.54. The second kappa shape index (κ2) is 5.37. The van der Waals surface area contributed by atoms with Gasteiger partial charge in [0.05, 0.1) is 4.92 Å². The predicted octanol–water partition coefficient (Wildman–Crippen LogP) is 4.63. The van der Waals surface area contributed by atoms with Crippen molar-refractivity contribution in [2.24, 2.45) is 5.41 Å². The van der Waals surface area contributed by atoms with Gasteiger partial charge in [-0.15, -0.1) is 0 Å². The lowest BCUT2D eigenvalue weighted by atomic mass is 9.75. The first kappa shape index (κ1) is 14.1. The van der Waals surface area contributed by atoms with Gasteiger partial charge in [0.25, 0.3) is 5.69 Å². The quantitative estimate of drug-likeness (QED) is 0.649. The Morgan fingerprint density at radius 2 is 2.00 bits per heavy atom. The summed E-state index contributed by atoms with van der Waals surface area (Å²) in [7, 11) is 0. The number of nitro groups is 1. The third-order valence-electron chi connectivity index (χ3n) is 3.86. The Morgan fingerprint density at radius 3 is 2.58 bits per heavy atom. The fraction of sp³-hybridized carbons (Fsp3) is 0.571. The van der Waals surface area contributed by atoms with Crippen LogP contribution in [0, 0.1) is 15.5 Å². The van der Waals surface area contributed by atoms with Gasteiger partial charge >= 0.3 is 0 Å². The van der Waals surface area contributed by atoms with Gasteiger partial charge in [-0.2, -0.15) is 0 Å². The Labute approximate surface area is 118 Å². The molecule has 1 N–H and O–H groups in total. The molecule has 1 aromatic carbocycles. The fourth-order valence-corrected chi connectivity index (χ4v) is 2.71. The molecule has 0 unspecified atom stereocenters. The SMILES string of the molecule is CC1(C)CCC(Nc2ccc(Cl)cc2[N+](=O)[O-])CC1. The van der Waals surface area contributed by atoms with Gasteiger partial charge in [-0.25, -0.2) is 0 Å². The number of hydrogen-bond acceptors (Lipinski definition) is 3. The summed E-state index contributed by atoms with van der Waals surface area (Å²) in [5, 5.41) is 14.7. The first-order valence-electron chi connectivity index (χ1n) is 6.58. The van der Waals surface area contributed by atoms with E-state index in [1.807, 2.05) is 0 Å². The first-order valence-corrected chi connectivity index (χ1v) is 6.96. The number of nitrogens with one attached hydrogen (secondary N) is 1. The topological polar surface area (TPSA) is 55.2 Å². The maximum atomic E-state index is 11.0. The summed E-state index contributed by atoms with van der Waals surface area (Å²) in [5.74, 6) is 0. The number of hydrogen-bond donors (Lipinski definition) is 1.